The number of hydrogen-bond acceptors (Lipinski definition) is 4. The van der Waals surface area contributed by atoms with Crippen LogP contribution in [-0.2, 0) is 17.9 Å². The summed E-state index contributed by atoms with van der Waals surface area (Å²) in [6.45, 7) is 6.29. The number of fused-ring (bicyclic) bond motifs is 1. The number of aliphatic hydroxyl groups is 1. The third-order valence-electron chi connectivity index (χ3n) is 5.67. The molecule has 1 aromatic heterocycles. The van der Waals surface area contributed by atoms with Crippen LogP contribution in [-0.4, -0.2) is 58.8 Å². The molecule has 146 valence electrons. The molecule has 1 atom stereocenters. The number of hydrogen-bond donors (Lipinski definition) is 3. The third kappa shape index (κ3) is 4.03. The lowest BCUT2D eigenvalue weighted by Gasteiger charge is -2.30. The van der Waals surface area contributed by atoms with Gasteiger partial charge in [-0.2, -0.15) is 0 Å². The predicted octanol–water partition coefficient (Wildman–Crippen LogP) is 1.38. The zero-order valence-corrected chi connectivity index (χ0v) is 16.1. The van der Waals surface area contributed by atoms with Crippen molar-refractivity contribution in [1.82, 2.24) is 20.1 Å². The van der Waals surface area contributed by atoms with E-state index in [2.05, 4.69) is 51.4 Å². The largest absolute Gasteiger partial charge is 0.396 e. The van der Waals surface area contributed by atoms with E-state index in [9.17, 15) is 4.79 Å². The van der Waals surface area contributed by atoms with Gasteiger partial charge in [0.2, 0.25) is 5.91 Å². The van der Waals surface area contributed by atoms with Crippen molar-refractivity contribution >= 4 is 16.8 Å². The Morgan fingerprint density at radius 1 is 1.33 bits per heavy atom. The van der Waals surface area contributed by atoms with Crippen molar-refractivity contribution in [3.8, 4) is 0 Å². The van der Waals surface area contributed by atoms with E-state index in [1.807, 2.05) is 0 Å². The van der Waals surface area contributed by atoms with Gasteiger partial charge in [-0.1, -0.05) is 12.1 Å². The minimum atomic E-state index is -0.112. The molecule has 0 bridgehead atoms. The Hall–Kier alpha value is -1.89. The normalized spacial score (nSPS) is 20.1. The molecule has 1 amide bonds. The molecule has 6 nitrogen and oxygen atoms in total. The Bertz CT molecular complexity index is 806. The first-order valence-electron chi connectivity index (χ1n) is 10.1. The molecule has 2 heterocycles. The van der Waals surface area contributed by atoms with Gasteiger partial charge in [-0.25, -0.2) is 0 Å². The van der Waals surface area contributed by atoms with Crippen molar-refractivity contribution in [1.29, 1.82) is 0 Å². The van der Waals surface area contributed by atoms with E-state index in [-0.39, 0.29) is 18.6 Å². The number of carbonyl (C=O) groups is 1. The van der Waals surface area contributed by atoms with E-state index in [1.165, 1.54) is 22.0 Å². The number of rotatable bonds is 7. The summed E-state index contributed by atoms with van der Waals surface area (Å²) in [6.07, 6.45) is 5.13. The highest BCUT2D eigenvalue weighted by Gasteiger charge is 2.36. The van der Waals surface area contributed by atoms with E-state index in [0.717, 1.165) is 38.9 Å². The second kappa shape index (κ2) is 8.00. The molecular formula is C21H30N4O2. The molecule has 2 fully saturated rings. The van der Waals surface area contributed by atoms with Crippen molar-refractivity contribution < 1.29 is 9.90 Å². The fourth-order valence-electron chi connectivity index (χ4n) is 4.04. The summed E-state index contributed by atoms with van der Waals surface area (Å²) in [4.78, 5) is 15.1. The Balaban J connectivity index is 1.56. The Kier molecular flexibility index (Phi) is 5.48. The number of aromatic nitrogens is 1. The summed E-state index contributed by atoms with van der Waals surface area (Å²) in [5, 5.41) is 17.1. The summed E-state index contributed by atoms with van der Waals surface area (Å²) in [7, 11) is 0. The second-order valence-electron chi connectivity index (χ2n) is 7.84. The number of amides is 1. The lowest BCUT2D eigenvalue weighted by atomic mass is 10.1. The van der Waals surface area contributed by atoms with Crippen molar-refractivity contribution in [2.75, 3.05) is 26.2 Å². The van der Waals surface area contributed by atoms with Crippen molar-refractivity contribution in [2.24, 2.45) is 0 Å². The van der Waals surface area contributed by atoms with Crippen LogP contribution in [0.1, 0.15) is 30.4 Å². The van der Waals surface area contributed by atoms with E-state index in [1.54, 1.807) is 0 Å². The van der Waals surface area contributed by atoms with Crippen LogP contribution < -0.4 is 10.6 Å². The molecule has 2 aromatic rings. The molecular weight excluding hydrogens is 340 g/mol. The van der Waals surface area contributed by atoms with Crippen molar-refractivity contribution in [3.63, 3.8) is 0 Å². The lowest BCUT2D eigenvalue weighted by Crippen LogP contribution is -2.56. The molecule has 1 aromatic carbocycles. The Morgan fingerprint density at radius 2 is 2.19 bits per heavy atom. The van der Waals surface area contributed by atoms with Gasteiger partial charge in [0, 0.05) is 62.5 Å². The Morgan fingerprint density at radius 3 is 2.89 bits per heavy atom. The molecule has 0 unspecified atom stereocenters. The van der Waals surface area contributed by atoms with Crippen LogP contribution in [0, 0.1) is 6.92 Å². The molecule has 3 N–H and O–H groups in total. The molecule has 2 aliphatic rings. The molecule has 1 saturated carbocycles. The number of carbonyl (C=O) groups excluding carboxylic acids is 1. The van der Waals surface area contributed by atoms with Gasteiger partial charge in [-0.3, -0.25) is 4.79 Å². The summed E-state index contributed by atoms with van der Waals surface area (Å²) in [5.41, 5.74) is 3.62. The highest BCUT2D eigenvalue weighted by molar-refractivity contribution is 5.85. The summed E-state index contributed by atoms with van der Waals surface area (Å²) in [6, 6.07) is 6.82. The van der Waals surface area contributed by atoms with Gasteiger partial charge in [0.15, 0.2) is 0 Å². The van der Waals surface area contributed by atoms with Crippen molar-refractivity contribution in [2.45, 2.75) is 51.4 Å². The molecule has 4 rings (SSSR count). The molecule has 1 saturated heterocycles. The van der Waals surface area contributed by atoms with Gasteiger partial charge in [-0.05, 0) is 43.4 Å². The van der Waals surface area contributed by atoms with Gasteiger partial charge in [0.1, 0.15) is 0 Å². The quantitative estimate of drug-likeness (QED) is 0.689. The minimum absolute atomic E-state index is 0.112. The van der Waals surface area contributed by atoms with E-state index in [0.29, 0.717) is 19.1 Å². The zero-order chi connectivity index (χ0) is 18.8. The maximum absolute atomic E-state index is 13.1. The number of piperazine rings is 1. The number of nitrogens with one attached hydrogen (secondary N) is 2. The van der Waals surface area contributed by atoms with Gasteiger partial charge < -0.3 is 25.2 Å². The van der Waals surface area contributed by atoms with Crippen LogP contribution in [0.4, 0.5) is 0 Å². The van der Waals surface area contributed by atoms with Gasteiger partial charge in [0.25, 0.3) is 0 Å². The second-order valence-corrected chi connectivity index (χ2v) is 7.84. The van der Waals surface area contributed by atoms with E-state index < -0.39 is 0 Å². The number of aryl methyl sites for hydroxylation is 2. The number of benzene rings is 1. The number of aliphatic hydroxyl groups excluding tert-OH is 1. The van der Waals surface area contributed by atoms with Crippen LogP contribution in [0.5, 0.6) is 0 Å². The smallest absolute Gasteiger partial charge is 0.241 e. The predicted molar refractivity (Wildman–Crippen MR) is 107 cm³/mol. The molecule has 0 spiro atoms. The first kappa shape index (κ1) is 18.5. The SMILES string of the molecule is Cc1cn(CCCO)c2cc(CN(C(=O)[C@H]3CNCCN3)C3CC3)ccc12. The van der Waals surface area contributed by atoms with Gasteiger partial charge in [-0.15, -0.1) is 0 Å². The summed E-state index contributed by atoms with van der Waals surface area (Å²) < 4.78 is 2.22. The molecule has 1 aliphatic heterocycles. The number of nitrogens with zero attached hydrogens (tertiary/aromatic N) is 2. The maximum atomic E-state index is 13.1. The minimum Gasteiger partial charge on any atom is -0.396 e. The Labute approximate surface area is 160 Å². The average Bonchev–Trinajstić information content (AvgIpc) is 3.49. The van der Waals surface area contributed by atoms with Crippen LogP contribution in [0.25, 0.3) is 10.9 Å². The van der Waals surface area contributed by atoms with Crippen LogP contribution in [0.15, 0.2) is 24.4 Å². The van der Waals surface area contributed by atoms with Crippen LogP contribution in [0.2, 0.25) is 0 Å². The van der Waals surface area contributed by atoms with Crippen molar-refractivity contribution in [3.05, 3.63) is 35.5 Å². The molecule has 6 heteroatoms. The summed E-state index contributed by atoms with van der Waals surface area (Å²) >= 11 is 0. The van der Waals surface area contributed by atoms with Gasteiger partial charge in [0.05, 0.1) is 6.04 Å². The van der Waals surface area contributed by atoms with Crippen LogP contribution >= 0.6 is 0 Å². The highest BCUT2D eigenvalue weighted by atomic mass is 16.3. The third-order valence-corrected chi connectivity index (χ3v) is 5.67. The highest BCUT2D eigenvalue weighted by Crippen LogP contribution is 2.30. The van der Waals surface area contributed by atoms with E-state index in [4.69, 9.17) is 5.11 Å². The topological polar surface area (TPSA) is 69.5 Å². The monoisotopic (exact) mass is 370 g/mol. The first-order chi connectivity index (χ1) is 13.2. The van der Waals surface area contributed by atoms with E-state index >= 15 is 0 Å². The molecule has 1 aliphatic carbocycles. The zero-order valence-electron chi connectivity index (χ0n) is 16.1. The molecule has 27 heavy (non-hydrogen) atoms. The average molecular weight is 370 g/mol. The first-order valence-corrected chi connectivity index (χ1v) is 10.1. The molecule has 0 radical (unpaired) electrons. The maximum Gasteiger partial charge on any atom is 0.241 e. The van der Waals surface area contributed by atoms with Crippen LogP contribution in [0.3, 0.4) is 0 Å². The fraction of sp³-hybridized carbons (Fsp3) is 0.571. The summed E-state index contributed by atoms with van der Waals surface area (Å²) in [5.74, 6) is 0.219. The fourth-order valence-corrected chi connectivity index (χ4v) is 4.04. The standard InChI is InChI=1S/C21H30N4O2/c1-15-13-24(9-2-10-26)20-11-16(3-6-18(15)20)14-25(17-4-5-17)21(27)19-12-22-7-8-23-19/h3,6,11,13,17,19,22-23,26H,2,4-5,7-10,12,14H2,1H3/t19-/m1/s1. The van der Waals surface area contributed by atoms with Gasteiger partial charge >= 0.3 is 0 Å². The lowest BCUT2D eigenvalue weighted by molar-refractivity contribution is -0.134.